The lowest BCUT2D eigenvalue weighted by atomic mass is 9.98. The molecule has 0 radical (unpaired) electrons. The molecule has 0 saturated carbocycles. The van der Waals surface area contributed by atoms with E-state index in [1.54, 1.807) is 18.6 Å². The Balaban J connectivity index is 1.76. The van der Waals surface area contributed by atoms with Crippen LogP contribution in [0.25, 0.3) is 0 Å². The Labute approximate surface area is 105 Å². The fourth-order valence-electron chi connectivity index (χ4n) is 2.32. The van der Waals surface area contributed by atoms with E-state index in [4.69, 9.17) is 4.52 Å². The summed E-state index contributed by atoms with van der Waals surface area (Å²) in [6.07, 6.45) is 7.38. The van der Waals surface area contributed by atoms with Gasteiger partial charge in [0.1, 0.15) is 5.82 Å². The van der Waals surface area contributed by atoms with Crippen LogP contribution in [0.2, 0.25) is 0 Å². The number of nitrogens with zero attached hydrogens (tertiary/aromatic N) is 5. The highest BCUT2D eigenvalue weighted by Crippen LogP contribution is 2.27. The van der Waals surface area contributed by atoms with Gasteiger partial charge in [0.2, 0.25) is 5.89 Å². The highest BCUT2D eigenvalue weighted by molar-refractivity contribution is 5.36. The Bertz CT molecular complexity index is 512. The van der Waals surface area contributed by atoms with Crippen LogP contribution in [0.4, 0.5) is 5.82 Å². The lowest BCUT2D eigenvalue weighted by molar-refractivity contribution is 0.331. The third-order valence-corrected chi connectivity index (χ3v) is 3.19. The van der Waals surface area contributed by atoms with Crippen LogP contribution in [0.5, 0.6) is 0 Å². The molecule has 1 aliphatic rings. The minimum atomic E-state index is 0.293. The van der Waals surface area contributed by atoms with Crippen molar-refractivity contribution >= 4 is 5.82 Å². The van der Waals surface area contributed by atoms with Crippen LogP contribution in [-0.2, 0) is 0 Å². The molecule has 0 aromatic carbocycles. The van der Waals surface area contributed by atoms with Gasteiger partial charge in [0, 0.05) is 25.5 Å². The Morgan fingerprint density at radius 2 is 2.33 bits per heavy atom. The fraction of sp³-hybridized carbons (Fsp3) is 0.500. The van der Waals surface area contributed by atoms with E-state index in [1.165, 1.54) is 0 Å². The summed E-state index contributed by atoms with van der Waals surface area (Å²) in [6.45, 7) is 3.71. The summed E-state index contributed by atoms with van der Waals surface area (Å²) in [6, 6.07) is 0. The second-order valence-electron chi connectivity index (χ2n) is 4.53. The molecule has 3 rings (SSSR count). The fourth-order valence-corrected chi connectivity index (χ4v) is 2.32. The van der Waals surface area contributed by atoms with Crippen LogP contribution in [0.1, 0.15) is 30.5 Å². The molecule has 0 bridgehead atoms. The van der Waals surface area contributed by atoms with Gasteiger partial charge in [-0.1, -0.05) is 5.16 Å². The molecule has 18 heavy (non-hydrogen) atoms. The Morgan fingerprint density at radius 3 is 3.06 bits per heavy atom. The van der Waals surface area contributed by atoms with Gasteiger partial charge in [-0.25, -0.2) is 4.98 Å². The number of aryl methyl sites for hydroxylation is 1. The second-order valence-corrected chi connectivity index (χ2v) is 4.53. The van der Waals surface area contributed by atoms with Gasteiger partial charge in [0.05, 0.1) is 12.1 Å². The van der Waals surface area contributed by atoms with Gasteiger partial charge < -0.3 is 9.42 Å². The minimum Gasteiger partial charge on any atom is -0.355 e. The zero-order valence-corrected chi connectivity index (χ0v) is 10.3. The topological polar surface area (TPSA) is 67.9 Å². The predicted molar refractivity (Wildman–Crippen MR) is 65.3 cm³/mol. The molecule has 94 valence electrons. The maximum atomic E-state index is 5.26. The number of hydrogen-bond acceptors (Lipinski definition) is 6. The van der Waals surface area contributed by atoms with Crippen LogP contribution in [-0.4, -0.2) is 33.2 Å². The first-order chi connectivity index (χ1) is 8.83. The van der Waals surface area contributed by atoms with E-state index in [0.717, 1.165) is 37.6 Å². The van der Waals surface area contributed by atoms with Crippen LogP contribution >= 0.6 is 0 Å². The summed E-state index contributed by atoms with van der Waals surface area (Å²) in [5, 5.41) is 3.86. The van der Waals surface area contributed by atoms with E-state index in [9.17, 15) is 0 Å². The molecule has 1 aliphatic heterocycles. The van der Waals surface area contributed by atoms with Crippen molar-refractivity contribution in [1.82, 2.24) is 20.1 Å². The van der Waals surface area contributed by atoms with Crippen LogP contribution in [0.3, 0.4) is 0 Å². The zero-order chi connectivity index (χ0) is 12.4. The maximum absolute atomic E-state index is 5.26. The summed E-state index contributed by atoms with van der Waals surface area (Å²) in [7, 11) is 0. The molecule has 2 aromatic heterocycles. The molecule has 6 heteroatoms. The molecule has 1 atom stereocenters. The molecular weight excluding hydrogens is 230 g/mol. The van der Waals surface area contributed by atoms with Gasteiger partial charge in [0.25, 0.3) is 0 Å². The Hall–Kier alpha value is -1.98. The number of piperidine rings is 1. The first-order valence-electron chi connectivity index (χ1n) is 6.14. The molecule has 1 fully saturated rings. The monoisotopic (exact) mass is 245 g/mol. The van der Waals surface area contributed by atoms with Gasteiger partial charge in [-0.05, 0) is 19.8 Å². The van der Waals surface area contributed by atoms with Crippen molar-refractivity contribution in [3.05, 3.63) is 30.3 Å². The zero-order valence-electron chi connectivity index (χ0n) is 10.3. The molecule has 0 unspecified atom stereocenters. The molecule has 3 heterocycles. The van der Waals surface area contributed by atoms with E-state index in [1.807, 2.05) is 6.92 Å². The molecule has 0 amide bonds. The van der Waals surface area contributed by atoms with Crippen molar-refractivity contribution in [2.24, 2.45) is 0 Å². The average Bonchev–Trinajstić information content (AvgIpc) is 2.87. The van der Waals surface area contributed by atoms with Crippen molar-refractivity contribution in [2.45, 2.75) is 25.7 Å². The molecule has 0 spiro atoms. The summed E-state index contributed by atoms with van der Waals surface area (Å²) in [5.74, 6) is 2.64. The molecule has 0 aliphatic carbocycles. The van der Waals surface area contributed by atoms with E-state index in [0.29, 0.717) is 11.7 Å². The summed E-state index contributed by atoms with van der Waals surface area (Å²) >= 11 is 0. The second kappa shape index (κ2) is 4.72. The maximum Gasteiger partial charge on any atom is 0.231 e. The standard InChI is InChI=1S/C12H15N5O/c1-9-15-12(18-16-9)10-3-2-6-17(8-10)11-7-13-4-5-14-11/h4-5,7,10H,2-3,6,8H2,1H3/t10-/m0/s1. The third-order valence-electron chi connectivity index (χ3n) is 3.19. The van der Waals surface area contributed by atoms with E-state index in [2.05, 4.69) is 25.0 Å². The Morgan fingerprint density at radius 1 is 1.39 bits per heavy atom. The summed E-state index contributed by atoms with van der Waals surface area (Å²) in [5.41, 5.74) is 0. The van der Waals surface area contributed by atoms with Crippen molar-refractivity contribution in [3.63, 3.8) is 0 Å². The lowest BCUT2D eigenvalue weighted by Crippen LogP contribution is -2.35. The predicted octanol–water partition coefficient (Wildman–Crippen LogP) is 1.55. The highest BCUT2D eigenvalue weighted by atomic mass is 16.5. The van der Waals surface area contributed by atoms with E-state index < -0.39 is 0 Å². The molecule has 2 aromatic rings. The van der Waals surface area contributed by atoms with Crippen molar-refractivity contribution in [3.8, 4) is 0 Å². The van der Waals surface area contributed by atoms with E-state index in [-0.39, 0.29) is 0 Å². The first-order valence-corrected chi connectivity index (χ1v) is 6.14. The van der Waals surface area contributed by atoms with Crippen LogP contribution in [0, 0.1) is 6.92 Å². The van der Waals surface area contributed by atoms with Gasteiger partial charge >= 0.3 is 0 Å². The number of rotatable bonds is 2. The quantitative estimate of drug-likeness (QED) is 0.799. The van der Waals surface area contributed by atoms with Gasteiger partial charge in [-0.15, -0.1) is 0 Å². The van der Waals surface area contributed by atoms with Gasteiger partial charge in [-0.2, -0.15) is 4.98 Å². The largest absolute Gasteiger partial charge is 0.355 e. The minimum absolute atomic E-state index is 0.293. The SMILES string of the molecule is Cc1noc([C@H]2CCCN(c3cnccn3)C2)n1. The van der Waals surface area contributed by atoms with Crippen molar-refractivity contribution in [2.75, 3.05) is 18.0 Å². The number of anilines is 1. The van der Waals surface area contributed by atoms with Crippen LogP contribution in [0.15, 0.2) is 23.1 Å². The van der Waals surface area contributed by atoms with Crippen molar-refractivity contribution < 1.29 is 4.52 Å². The highest BCUT2D eigenvalue weighted by Gasteiger charge is 2.26. The third kappa shape index (κ3) is 2.18. The normalized spacial score (nSPS) is 20.1. The van der Waals surface area contributed by atoms with Gasteiger partial charge in [0.15, 0.2) is 5.82 Å². The number of aromatic nitrogens is 4. The first kappa shape index (κ1) is 11.1. The molecule has 1 saturated heterocycles. The summed E-state index contributed by atoms with van der Waals surface area (Å²) < 4.78 is 5.26. The molecule has 6 nitrogen and oxygen atoms in total. The van der Waals surface area contributed by atoms with Gasteiger partial charge in [-0.3, -0.25) is 4.98 Å². The molecule has 0 N–H and O–H groups in total. The lowest BCUT2D eigenvalue weighted by Gasteiger charge is -2.31. The average molecular weight is 245 g/mol. The van der Waals surface area contributed by atoms with Crippen LogP contribution < -0.4 is 4.90 Å². The van der Waals surface area contributed by atoms with Crippen molar-refractivity contribution in [1.29, 1.82) is 0 Å². The molecular formula is C12H15N5O. The summed E-state index contributed by atoms with van der Waals surface area (Å²) in [4.78, 5) is 15.0. The number of hydrogen-bond donors (Lipinski definition) is 0. The van der Waals surface area contributed by atoms with E-state index >= 15 is 0 Å². The Kier molecular flexibility index (Phi) is 2.92. The smallest absolute Gasteiger partial charge is 0.231 e.